The predicted octanol–water partition coefficient (Wildman–Crippen LogP) is -2.00. The van der Waals surface area contributed by atoms with Crippen molar-refractivity contribution in [3.05, 3.63) is 0 Å². The van der Waals surface area contributed by atoms with Gasteiger partial charge in [0, 0.05) is 0 Å². The molecule has 0 aliphatic carbocycles. The minimum Gasteiger partial charge on any atom is -0.665 e. The third kappa shape index (κ3) is 22300. The SMILES string of the molecule is O.O=[C-]O.O=[C-]O.O=[C-]O.[Ru+].[Ru+].[Ru+]. The van der Waals surface area contributed by atoms with Gasteiger partial charge in [-0.3, -0.25) is 0 Å². The number of hydrogen-bond acceptors (Lipinski definition) is 3. The molecule has 3 radical (unpaired) electrons. The minimum absolute atomic E-state index is 0. The number of aliphatic hydroxyl groups excluding tert-OH is 3. The Morgan fingerprint density at radius 2 is 0.615 bits per heavy atom. The van der Waals surface area contributed by atoms with Crippen LogP contribution in [0.4, 0.5) is 0 Å². The van der Waals surface area contributed by atoms with Gasteiger partial charge in [-0.25, -0.2) is 0 Å². The molecule has 0 aromatic heterocycles. The summed E-state index contributed by atoms with van der Waals surface area (Å²) in [5.74, 6) is 0. The average Bonchev–Trinajstić information content (AvgIpc) is 1.70. The maximum Gasteiger partial charge on any atom is 1.00 e. The van der Waals surface area contributed by atoms with Crippen molar-refractivity contribution in [3.63, 3.8) is 0 Å². The second kappa shape index (κ2) is 147. The molecule has 0 bridgehead atoms. The van der Waals surface area contributed by atoms with Crippen LogP contribution in [0.2, 0.25) is 0 Å². The molecular weight excluding hydrogens is 451 g/mol. The fourth-order valence-electron chi connectivity index (χ4n) is 0. The smallest absolute Gasteiger partial charge is 0.665 e. The second-order valence-electron chi connectivity index (χ2n) is 0.274. The monoisotopic (exact) mass is 459 g/mol. The van der Waals surface area contributed by atoms with Gasteiger partial charge in [0.25, 0.3) is 0 Å². The van der Waals surface area contributed by atoms with Gasteiger partial charge in [0.1, 0.15) is 0 Å². The Hall–Kier alpha value is 0.240. The van der Waals surface area contributed by atoms with Crippen LogP contribution >= 0.6 is 0 Å². The molecule has 0 aromatic carbocycles. The van der Waals surface area contributed by atoms with Crippen LogP contribution in [-0.2, 0) is 72.8 Å². The van der Waals surface area contributed by atoms with Gasteiger partial charge in [0.2, 0.25) is 0 Å². The summed E-state index contributed by atoms with van der Waals surface area (Å²) in [7, 11) is 0. The molecule has 0 spiro atoms. The van der Waals surface area contributed by atoms with E-state index in [2.05, 4.69) is 0 Å². The maximum atomic E-state index is 8.24. The van der Waals surface area contributed by atoms with E-state index in [1.54, 1.807) is 0 Å². The van der Waals surface area contributed by atoms with Gasteiger partial charge in [-0.1, -0.05) is 19.4 Å². The molecule has 0 heterocycles. The normalized spacial score (nSPS) is 2.77. The largest absolute Gasteiger partial charge is 1.00 e. The van der Waals surface area contributed by atoms with Crippen molar-refractivity contribution in [1.82, 2.24) is 0 Å². The molecule has 0 unspecified atom stereocenters. The summed E-state index contributed by atoms with van der Waals surface area (Å²) in [5.41, 5.74) is 0. The van der Waals surface area contributed by atoms with Crippen LogP contribution in [0.5, 0.6) is 0 Å². The molecule has 0 rings (SSSR count). The number of hydrogen-bond donors (Lipinski definition) is 3. The van der Waals surface area contributed by atoms with Gasteiger partial charge in [0.15, 0.2) is 0 Å². The van der Waals surface area contributed by atoms with Crippen LogP contribution in [0.25, 0.3) is 0 Å². The molecule has 10 heteroatoms. The Balaban J connectivity index is -0.00000000720. The van der Waals surface area contributed by atoms with E-state index in [9.17, 15) is 0 Å². The third-order valence-electron chi connectivity index (χ3n) is 0. The summed E-state index contributed by atoms with van der Waals surface area (Å²) in [6.07, 6.45) is 0. The first kappa shape index (κ1) is 50.9. The van der Waals surface area contributed by atoms with Crippen molar-refractivity contribution < 1.29 is 93.6 Å². The van der Waals surface area contributed by atoms with E-state index in [1.807, 2.05) is 0 Å². The molecule has 7 nitrogen and oxygen atoms in total. The van der Waals surface area contributed by atoms with Crippen molar-refractivity contribution in [2.45, 2.75) is 0 Å². The Morgan fingerprint density at radius 3 is 0.615 bits per heavy atom. The van der Waals surface area contributed by atoms with Gasteiger partial charge in [-0.05, 0) is 0 Å². The first-order chi connectivity index (χ1) is 4.24. The van der Waals surface area contributed by atoms with Gasteiger partial charge >= 0.3 is 58.4 Å². The fourth-order valence-corrected chi connectivity index (χ4v) is 0. The zero-order valence-electron chi connectivity index (χ0n) is 5.63. The molecule has 5 N–H and O–H groups in total. The van der Waals surface area contributed by atoms with E-state index < -0.39 is 0 Å². The molecule has 0 aliphatic rings. The molecule has 0 fully saturated rings. The fraction of sp³-hybridized carbons (Fsp3) is 0. The summed E-state index contributed by atoms with van der Waals surface area (Å²) < 4.78 is 0. The van der Waals surface area contributed by atoms with Gasteiger partial charge in [-0.15, -0.1) is 0 Å². The number of rotatable bonds is 0. The standard InChI is InChI=1S/3CHO2.H2O.3Ru/c3*2-1-3;;;;/h3*(H,2,3);1H2;;;/q3*-1;;3*+1. The van der Waals surface area contributed by atoms with E-state index in [-0.39, 0.29) is 63.9 Å². The molecule has 0 atom stereocenters. The van der Waals surface area contributed by atoms with E-state index in [4.69, 9.17) is 29.7 Å². The third-order valence-corrected chi connectivity index (χ3v) is 0. The zero-order chi connectivity index (χ0) is 8.12. The van der Waals surface area contributed by atoms with Crippen molar-refractivity contribution in [3.8, 4) is 0 Å². The van der Waals surface area contributed by atoms with Gasteiger partial charge in [0.05, 0.1) is 0 Å². The van der Waals surface area contributed by atoms with Crippen molar-refractivity contribution in [1.29, 1.82) is 0 Å². The summed E-state index contributed by atoms with van der Waals surface area (Å²) in [6, 6.07) is 0. The Bertz CT molecular complexity index is 55.7. The summed E-state index contributed by atoms with van der Waals surface area (Å²) in [4.78, 5) is 24.7. The predicted molar refractivity (Wildman–Crippen MR) is 28.6 cm³/mol. The maximum absolute atomic E-state index is 8.24. The quantitative estimate of drug-likeness (QED) is 0.284. The van der Waals surface area contributed by atoms with Crippen LogP contribution in [0.15, 0.2) is 0 Å². The second-order valence-corrected chi connectivity index (χ2v) is 0.274. The zero-order valence-corrected chi connectivity index (χ0v) is 10.8. The molecule has 0 saturated heterocycles. The first-order valence-corrected chi connectivity index (χ1v) is 1.28. The van der Waals surface area contributed by atoms with E-state index in [0.29, 0.717) is 19.4 Å². The van der Waals surface area contributed by atoms with Gasteiger partial charge in [-0.2, -0.15) is 0 Å². The van der Waals surface area contributed by atoms with Crippen molar-refractivity contribution in [2.75, 3.05) is 0 Å². The molecule has 0 amide bonds. The van der Waals surface area contributed by atoms with Crippen LogP contribution in [0, 0.1) is 0 Å². The Kier molecular flexibility index (Phi) is 577. The molecule has 83 valence electrons. The molecule has 0 aromatic rings. The Labute approximate surface area is 112 Å². The van der Waals surface area contributed by atoms with Gasteiger partial charge < -0.3 is 35.2 Å². The Morgan fingerprint density at radius 1 is 0.615 bits per heavy atom. The van der Waals surface area contributed by atoms with E-state index in [1.165, 1.54) is 0 Å². The molecule has 13 heavy (non-hydrogen) atoms. The minimum atomic E-state index is 0. The topological polar surface area (TPSA) is 143 Å². The summed E-state index contributed by atoms with van der Waals surface area (Å²) in [6.45, 7) is 1.50. The average molecular weight is 456 g/mol. The van der Waals surface area contributed by atoms with Crippen LogP contribution in [-0.4, -0.2) is 40.2 Å². The summed E-state index contributed by atoms with van der Waals surface area (Å²) in [5, 5.41) is 20.3. The van der Waals surface area contributed by atoms with Crippen molar-refractivity contribution >= 4 is 19.4 Å². The summed E-state index contributed by atoms with van der Waals surface area (Å²) >= 11 is 0. The first-order valence-electron chi connectivity index (χ1n) is 1.28. The molecular formula is C3H5O7Ru3. The van der Waals surface area contributed by atoms with Crippen LogP contribution in [0.3, 0.4) is 0 Å². The molecule has 0 aliphatic heterocycles. The van der Waals surface area contributed by atoms with Crippen molar-refractivity contribution in [2.24, 2.45) is 0 Å². The van der Waals surface area contributed by atoms with E-state index in [0.717, 1.165) is 0 Å². The van der Waals surface area contributed by atoms with E-state index >= 15 is 0 Å². The van der Waals surface area contributed by atoms with Crippen LogP contribution < -0.4 is 0 Å². The molecule has 0 saturated carbocycles. The van der Waals surface area contributed by atoms with Crippen LogP contribution in [0.1, 0.15) is 0 Å².